The van der Waals surface area contributed by atoms with Crippen LogP contribution < -0.4 is 11.1 Å². The summed E-state index contributed by atoms with van der Waals surface area (Å²) in [5, 5.41) is 7.41. The van der Waals surface area contributed by atoms with Crippen LogP contribution in [0.25, 0.3) is 0 Å². The SMILES string of the molecule is CC(=O)N1CCC(Nc2cnn(CC(N)=O)c2)CC1. The number of carbonyl (C=O) groups is 2. The molecule has 0 aliphatic carbocycles. The Morgan fingerprint density at radius 1 is 1.47 bits per heavy atom. The van der Waals surface area contributed by atoms with Crippen LogP contribution in [0.5, 0.6) is 0 Å². The molecule has 0 radical (unpaired) electrons. The number of piperidine rings is 1. The Labute approximate surface area is 111 Å². The number of nitrogens with zero attached hydrogens (tertiary/aromatic N) is 3. The van der Waals surface area contributed by atoms with Crippen molar-refractivity contribution < 1.29 is 9.59 Å². The summed E-state index contributed by atoms with van der Waals surface area (Å²) < 4.78 is 1.51. The Balaban J connectivity index is 1.84. The molecule has 0 bridgehead atoms. The predicted molar refractivity (Wildman–Crippen MR) is 70.3 cm³/mol. The van der Waals surface area contributed by atoms with E-state index in [0.29, 0.717) is 6.04 Å². The molecule has 7 nitrogen and oxygen atoms in total. The zero-order chi connectivity index (χ0) is 13.8. The monoisotopic (exact) mass is 265 g/mol. The second-order valence-electron chi connectivity index (χ2n) is 4.82. The van der Waals surface area contributed by atoms with E-state index in [1.807, 2.05) is 4.90 Å². The van der Waals surface area contributed by atoms with Crippen LogP contribution in [-0.4, -0.2) is 45.6 Å². The molecule has 3 N–H and O–H groups in total. The molecule has 2 amide bonds. The predicted octanol–water partition coefficient (Wildman–Crippen LogP) is -0.209. The van der Waals surface area contributed by atoms with Crippen molar-refractivity contribution in [3.05, 3.63) is 12.4 Å². The minimum atomic E-state index is -0.413. The number of anilines is 1. The Kier molecular flexibility index (Phi) is 4.03. The Hall–Kier alpha value is -2.05. The molecule has 0 aromatic carbocycles. The van der Waals surface area contributed by atoms with E-state index in [9.17, 15) is 9.59 Å². The van der Waals surface area contributed by atoms with Crippen LogP contribution in [-0.2, 0) is 16.1 Å². The molecule has 1 saturated heterocycles. The first-order valence-corrected chi connectivity index (χ1v) is 6.37. The molecule has 0 spiro atoms. The molecule has 1 aromatic heterocycles. The van der Waals surface area contributed by atoms with E-state index in [0.717, 1.165) is 31.6 Å². The lowest BCUT2D eigenvalue weighted by Crippen LogP contribution is -2.41. The zero-order valence-corrected chi connectivity index (χ0v) is 11.0. The van der Waals surface area contributed by atoms with Crippen LogP contribution in [0, 0.1) is 0 Å². The maximum Gasteiger partial charge on any atom is 0.239 e. The lowest BCUT2D eigenvalue weighted by molar-refractivity contribution is -0.129. The van der Waals surface area contributed by atoms with E-state index in [1.165, 1.54) is 4.68 Å². The standard InChI is InChI=1S/C12H19N5O2/c1-9(18)16-4-2-10(3-5-16)15-11-6-14-17(7-11)8-12(13)19/h6-7,10,15H,2-5,8H2,1H3,(H2,13,19). The average Bonchev–Trinajstić information content (AvgIpc) is 2.76. The van der Waals surface area contributed by atoms with Gasteiger partial charge in [0.25, 0.3) is 0 Å². The minimum Gasteiger partial charge on any atom is -0.380 e. The third kappa shape index (κ3) is 3.70. The number of rotatable bonds is 4. The van der Waals surface area contributed by atoms with Crippen molar-refractivity contribution in [3.8, 4) is 0 Å². The molecule has 19 heavy (non-hydrogen) atoms. The van der Waals surface area contributed by atoms with Gasteiger partial charge in [-0.05, 0) is 12.8 Å². The number of hydrogen-bond donors (Lipinski definition) is 2. The van der Waals surface area contributed by atoms with Gasteiger partial charge in [0.15, 0.2) is 0 Å². The van der Waals surface area contributed by atoms with Gasteiger partial charge < -0.3 is 16.0 Å². The van der Waals surface area contributed by atoms with E-state index >= 15 is 0 Å². The maximum absolute atomic E-state index is 11.2. The number of nitrogens with two attached hydrogens (primary N) is 1. The molecular formula is C12H19N5O2. The summed E-state index contributed by atoms with van der Waals surface area (Å²) in [6.07, 6.45) is 5.28. The fraction of sp³-hybridized carbons (Fsp3) is 0.583. The minimum absolute atomic E-state index is 0.0878. The fourth-order valence-electron chi connectivity index (χ4n) is 2.26. The summed E-state index contributed by atoms with van der Waals surface area (Å²) in [6, 6.07) is 0.335. The molecule has 1 aliphatic heterocycles. The molecule has 0 saturated carbocycles. The van der Waals surface area contributed by atoms with Gasteiger partial charge in [-0.15, -0.1) is 0 Å². The van der Waals surface area contributed by atoms with Crippen molar-refractivity contribution in [1.29, 1.82) is 0 Å². The van der Waals surface area contributed by atoms with Crippen molar-refractivity contribution in [2.24, 2.45) is 5.73 Å². The summed E-state index contributed by atoms with van der Waals surface area (Å²) in [5.74, 6) is -0.280. The zero-order valence-electron chi connectivity index (χ0n) is 11.0. The maximum atomic E-state index is 11.2. The first kappa shape index (κ1) is 13.4. The normalized spacial score (nSPS) is 16.4. The molecule has 0 unspecified atom stereocenters. The number of aromatic nitrogens is 2. The van der Waals surface area contributed by atoms with Gasteiger partial charge in [-0.25, -0.2) is 0 Å². The first-order valence-electron chi connectivity index (χ1n) is 6.37. The smallest absolute Gasteiger partial charge is 0.239 e. The lowest BCUT2D eigenvalue weighted by Gasteiger charge is -2.31. The van der Waals surface area contributed by atoms with Gasteiger partial charge in [0.05, 0.1) is 11.9 Å². The van der Waals surface area contributed by atoms with E-state index in [1.54, 1.807) is 19.3 Å². The fourth-order valence-corrected chi connectivity index (χ4v) is 2.26. The highest BCUT2D eigenvalue weighted by molar-refractivity contribution is 5.73. The summed E-state index contributed by atoms with van der Waals surface area (Å²) in [6.45, 7) is 3.25. The van der Waals surface area contributed by atoms with Gasteiger partial charge in [-0.1, -0.05) is 0 Å². The van der Waals surface area contributed by atoms with Crippen LogP contribution in [0.2, 0.25) is 0 Å². The highest BCUT2D eigenvalue weighted by Gasteiger charge is 2.20. The van der Waals surface area contributed by atoms with Gasteiger partial charge in [-0.3, -0.25) is 14.3 Å². The van der Waals surface area contributed by atoms with Crippen molar-refractivity contribution in [2.75, 3.05) is 18.4 Å². The van der Waals surface area contributed by atoms with Gasteiger partial charge in [0.2, 0.25) is 11.8 Å². The number of hydrogen-bond acceptors (Lipinski definition) is 4. The summed E-state index contributed by atoms with van der Waals surface area (Å²) in [5.41, 5.74) is 5.98. The topological polar surface area (TPSA) is 93.2 Å². The third-order valence-corrected chi connectivity index (χ3v) is 3.26. The molecule has 7 heteroatoms. The van der Waals surface area contributed by atoms with E-state index in [4.69, 9.17) is 5.73 Å². The molecule has 104 valence electrons. The van der Waals surface area contributed by atoms with E-state index < -0.39 is 5.91 Å². The number of primary amides is 1. The summed E-state index contributed by atoms with van der Waals surface area (Å²) in [7, 11) is 0. The van der Waals surface area contributed by atoms with Crippen molar-refractivity contribution in [1.82, 2.24) is 14.7 Å². The van der Waals surface area contributed by atoms with Crippen molar-refractivity contribution >= 4 is 17.5 Å². The van der Waals surface area contributed by atoms with E-state index in [-0.39, 0.29) is 12.5 Å². The molecule has 2 heterocycles. The number of carbonyl (C=O) groups excluding carboxylic acids is 2. The highest BCUT2D eigenvalue weighted by atomic mass is 16.2. The second-order valence-corrected chi connectivity index (χ2v) is 4.82. The summed E-state index contributed by atoms with van der Waals surface area (Å²) >= 11 is 0. The molecule has 0 atom stereocenters. The number of nitrogens with one attached hydrogen (secondary N) is 1. The van der Waals surface area contributed by atoms with Gasteiger partial charge >= 0.3 is 0 Å². The number of amides is 2. The molecule has 1 fully saturated rings. The van der Waals surface area contributed by atoms with Gasteiger partial charge in [-0.2, -0.15) is 5.10 Å². The van der Waals surface area contributed by atoms with Crippen molar-refractivity contribution in [2.45, 2.75) is 32.4 Å². The first-order chi connectivity index (χ1) is 9.04. The van der Waals surface area contributed by atoms with Crippen molar-refractivity contribution in [3.63, 3.8) is 0 Å². The van der Waals surface area contributed by atoms with Crippen LogP contribution in [0.3, 0.4) is 0 Å². The van der Waals surface area contributed by atoms with E-state index in [2.05, 4.69) is 10.4 Å². The highest BCUT2D eigenvalue weighted by Crippen LogP contribution is 2.16. The van der Waals surface area contributed by atoms with Gasteiger partial charge in [0.1, 0.15) is 6.54 Å². The van der Waals surface area contributed by atoms with Crippen LogP contribution >= 0.6 is 0 Å². The molecule has 1 aromatic rings. The Morgan fingerprint density at radius 2 is 2.16 bits per heavy atom. The lowest BCUT2D eigenvalue weighted by atomic mass is 10.1. The second kappa shape index (κ2) is 5.73. The van der Waals surface area contributed by atoms with Gasteiger partial charge in [0, 0.05) is 32.3 Å². The largest absolute Gasteiger partial charge is 0.380 e. The number of likely N-dealkylation sites (tertiary alicyclic amines) is 1. The summed E-state index contributed by atoms with van der Waals surface area (Å²) in [4.78, 5) is 23.8. The molecular weight excluding hydrogens is 246 g/mol. The average molecular weight is 265 g/mol. The molecule has 2 rings (SSSR count). The Bertz CT molecular complexity index is 462. The van der Waals surface area contributed by atoms with Crippen LogP contribution in [0.15, 0.2) is 12.4 Å². The quantitative estimate of drug-likeness (QED) is 0.788. The molecule has 1 aliphatic rings. The Morgan fingerprint density at radius 3 is 2.74 bits per heavy atom. The third-order valence-electron chi connectivity index (χ3n) is 3.26. The van der Waals surface area contributed by atoms with Crippen LogP contribution in [0.4, 0.5) is 5.69 Å². The van der Waals surface area contributed by atoms with Crippen LogP contribution in [0.1, 0.15) is 19.8 Å².